The second-order valence-corrected chi connectivity index (χ2v) is 6.74. The lowest BCUT2D eigenvalue weighted by Gasteiger charge is -2.24. The number of fused-ring (bicyclic) bond motifs is 1. The third-order valence-electron chi connectivity index (χ3n) is 4.00. The third kappa shape index (κ3) is 3.98. The number of amides is 1. The molecule has 0 saturated heterocycles. The number of carbonyl (C=O) groups is 1. The monoisotopic (exact) mass is 416 g/mol. The number of rotatable bonds is 4. The zero-order chi connectivity index (χ0) is 19.5. The maximum absolute atomic E-state index is 12.2. The van der Waals surface area contributed by atoms with Crippen molar-refractivity contribution in [1.29, 1.82) is 0 Å². The summed E-state index contributed by atoms with van der Waals surface area (Å²) in [5, 5.41) is 4.82. The molecule has 0 bridgehead atoms. The van der Waals surface area contributed by atoms with E-state index in [2.05, 4.69) is 10.5 Å². The van der Waals surface area contributed by atoms with Crippen LogP contribution in [0.25, 0.3) is 11.3 Å². The minimum Gasteiger partial charge on any atom is -0.485 e. The molecule has 4 rings (SSSR count). The van der Waals surface area contributed by atoms with Gasteiger partial charge in [0, 0.05) is 5.56 Å². The maximum atomic E-state index is 12.2. The Bertz CT molecular complexity index is 1050. The van der Waals surface area contributed by atoms with Gasteiger partial charge in [-0.2, -0.15) is 5.10 Å². The Morgan fingerprint density at radius 3 is 2.71 bits per heavy atom. The van der Waals surface area contributed by atoms with Gasteiger partial charge in [-0.05, 0) is 42.5 Å². The number of hydrogen-bond donors (Lipinski definition) is 1. The van der Waals surface area contributed by atoms with E-state index in [1.165, 1.54) is 6.21 Å². The van der Waals surface area contributed by atoms with Crippen LogP contribution in [0.3, 0.4) is 0 Å². The fourth-order valence-electron chi connectivity index (χ4n) is 2.61. The lowest BCUT2D eigenvalue weighted by atomic mass is 10.2. The quantitative estimate of drug-likeness (QED) is 0.500. The molecular weight excluding hydrogens is 403 g/mol. The van der Waals surface area contributed by atoms with E-state index in [-0.39, 0.29) is 6.61 Å². The van der Waals surface area contributed by atoms with E-state index < -0.39 is 12.0 Å². The van der Waals surface area contributed by atoms with Gasteiger partial charge in [0.05, 0.1) is 16.3 Å². The van der Waals surface area contributed by atoms with Crippen molar-refractivity contribution in [3.8, 4) is 22.8 Å². The molecule has 142 valence electrons. The van der Waals surface area contributed by atoms with Crippen molar-refractivity contribution in [3.05, 3.63) is 70.4 Å². The summed E-state index contributed by atoms with van der Waals surface area (Å²) in [5.41, 5.74) is 3.21. The Labute approximate surface area is 170 Å². The Kier molecular flexibility index (Phi) is 5.23. The van der Waals surface area contributed by atoms with Gasteiger partial charge in [0.15, 0.2) is 11.5 Å². The largest absolute Gasteiger partial charge is 0.485 e. The Hall–Kier alpha value is -2.96. The average molecular weight is 417 g/mol. The van der Waals surface area contributed by atoms with Gasteiger partial charge in [0.1, 0.15) is 18.1 Å². The number of hydrogen-bond acceptors (Lipinski definition) is 5. The van der Waals surface area contributed by atoms with Gasteiger partial charge in [0.25, 0.3) is 5.91 Å². The molecule has 0 saturated carbocycles. The average Bonchev–Trinajstić information content (AvgIpc) is 3.18. The first-order valence-electron chi connectivity index (χ1n) is 8.37. The van der Waals surface area contributed by atoms with E-state index in [1.807, 2.05) is 12.1 Å². The molecular formula is C20H14Cl2N2O4. The number of carbonyl (C=O) groups excluding carboxylic acids is 1. The minimum atomic E-state index is -0.782. The van der Waals surface area contributed by atoms with Gasteiger partial charge >= 0.3 is 0 Å². The Morgan fingerprint density at radius 1 is 1.07 bits per heavy atom. The topological polar surface area (TPSA) is 73.1 Å². The highest BCUT2D eigenvalue weighted by atomic mass is 35.5. The first-order valence-corrected chi connectivity index (χ1v) is 9.12. The number of benzene rings is 2. The number of nitrogens with zero attached hydrogens (tertiary/aromatic N) is 1. The van der Waals surface area contributed by atoms with Crippen LogP contribution in [0.15, 0.2) is 64.1 Å². The molecule has 3 aromatic rings. The fourth-order valence-corrected chi connectivity index (χ4v) is 2.91. The molecule has 2 aromatic carbocycles. The molecule has 0 aliphatic carbocycles. The summed E-state index contributed by atoms with van der Waals surface area (Å²) in [5.74, 6) is 1.79. The van der Waals surface area contributed by atoms with Gasteiger partial charge in [-0.1, -0.05) is 35.3 Å². The van der Waals surface area contributed by atoms with Crippen molar-refractivity contribution in [3.63, 3.8) is 0 Å². The molecule has 1 aromatic heterocycles. The molecule has 1 aliphatic rings. The molecule has 0 fully saturated rings. The smallest absolute Gasteiger partial charge is 0.284 e. The standard InChI is InChI=1S/C20H14Cl2N2O4/c21-14-7-5-12(9-15(14)22)16-8-6-13(27-16)10-23-24-20(25)19-11-26-17-3-1-2-4-18(17)28-19/h1-10,19H,11H2,(H,24,25)/b23-10+/t19-/m0/s1. The summed E-state index contributed by atoms with van der Waals surface area (Å²) < 4.78 is 16.8. The SMILES string of the molecule is O=C(N/N=C/c1ccc(-c2ccc(Cl)c(Cl)c2)o1)[C@@H]1COc2ccccc2O1. The number of halogens is 2. The summed E-state index contributed by atoms with van der Waals surface area (Å²) in [6.07, 6.45) is 0.617. The summed E-state index contributed by atoms with van der Waals surface area (Å²) in [6.45, 7) is 0.112. The highest BCUT2D eigenvalue weighted by Gasteiger charge is 2.27. The van der Waals surface area contributed by atoms with Crippen LogP contribution in [-0.4, -0.2) is 24.8 Å². The molecule has 1 amide bonds. The van der Waals surface area contributed by atoms with Gasteiger partial charge in [-0.3, -0.25) is 4.79 Å². The number of hydrazone groups is 1. The van der Waals surface area contributed by atoms with Crippen molar-refractivity contribution >= 4 is 35.3 Å². The molecule has 1 aliphatic heterocycles. The predicted octanol–water partition coefficient (Wildman–Crippen LogP) is 4.54. The second kappa shape index (κ2) is 7.96. The third-order valence-corrected chi connectivity index (χ3v) is 4.74. The lowest BCUT2D eigenvalue weighted by molar-refractivity contribution is -0.130. The molecule has 1 atom stereocenters. The minimum absolute atomic E-state index is 0.112. The van der Waals surface area contributed by atoms with Crippen LogP contribution in [0, 0.1) is 0 Å². The van der Waals surface area contributed by atoms with E-state index in [0.717, 1.165) is 5.56 Å². The molecule has 28 heavy (non-hydrogen) atoms. The van der Waals surface area contributed by atoms with Crippen molar-refractivity contribution < 1.29 is 18.7 Å². The molecule has 0 spiro atoms. The van der Waals surface area contributed by atoms with Crippen molar-refractivity contribution in [2.45, 2.75) is 6.10 Å². The predicted molar refractivity (Wildman–Crippen MR) is 106 cm³/mol. The van der Waals surface area contributed by atoms with Gasteiger partial charge in [-0.15, -0.1) is 0 Å². The van der Waals surface area contributed by atoms with Crippen LogP contribution in [0.2, 0.25) is 10.0 Å². The van der Waals surface area contributed by atoms with Crippen molar-refractivity contribution in [1.82, 2.24) is 5.43 Å². The summed E-state index contributed by atoms with van der Waals surface area (Å²) in [4.78, 5) is 12.2. The van der Waals surface area contributed by atoms with Crippen LogP contribution < -0.4 is 14.9 Å². The lowest BCUT2D eigenvalue weighted by Crippen LogP contribution is -2.42. The summed E-state index contributed by atoms with van der Waals surface area (Å²) >= 11 is 11.9. The number of ether oxygens (including phenoxy) is 2. The second-order valence-electron chi connectivity index (χ2n) is 5.93. The van der Waals surface area contributed by atoms with Crippen LogP contribution >= 0.6 is 23.2 Å². The van der Waals surface area contributed by atoms with E-state index in [0.29, 0.717) is 33.1 Å². The van der Waals surface area contributed by atoms with Crippen LogP contribution in [0.1, 0.15) is 5.76 Å². The number of furan rings is 1. The van der Waals surface area contributed by atoms with Crippen molar-refractivity contribution in [2.75, 3.05) is 6.61 Å². The molecule has 6 nitrogen and oxygen atoms in total. The van der Waals surface area contributed by atoms with Crippen LogP contribution in [0.4, 0.5) is 0 Å². The van der Waals surface area contributed by atoms with Crippen LogP contribution in [-0.2, 0) is 4.79 Å². The van der Waals surface area contributed by atoms with Gasteiger partial charge in [-0.25, -0.2) is 5.43 Å². The zero-order valence-electron chi connectivity index (χ0n) is 14.4. The summed E-state index contributed by atoms with van der Waals surface area (Å²) in [6, 6.07) is 15.9. The molecule has 2 heterocycles. The number of para-hydroxylation sites is 2. The molecule has 0 radical (unpaired) electrons. The van der Waals surface area contributed by atoms with E-state index in [9.17, 15) is 4.79 Å². The van der Waals surface area contributed by atoms with Gasteiger partial charge < -0.3 is 13.9 Å². The first kappa shape index (κ1) is 18.4. The zero-order valence-corrected chi connectivity index (χ0v) is 15.9. The van der Waals surface area contributed by atoms with E-state index in [4.69, 9.17) is 37.1 Å². The fraction of sp³-hybridized carbons (Fsp3) is 0.100. The number of nitrogens with one attached hydrogen (secondary N) is 1. The highest BCUT2D eigenvalue weighted by molar-refractivity contribution is 6.42. The van der Waals surface area contributed by atoms with E-state index in [1.54, 1.807) is 42.5 Å². The van der Waals surface area contributed by atoms with Crippen LogP contribution in [0.5, 0.6) is 11.5 Å². The van der Waals surface area contributed by atoms with E-state index >= 15 is 0 Å². The highest BCUT2D eigenvalue weighted by Crippen LogP contribution is 2.31. The molecule has 0 unspecified atom stereocenters. The maximum Gasteiger partial charge on any atom is 0.284 e. The molecule has 8 heteroatoms. The molecule has 1 N–H and O–H groups in total. The summed E-state index contributed by atoms with van der Waals surface area (Å²) in [7, 11) is 0. The van der Waals surface area contributed by atoms with Gasteiger partial charge in [0.2, 0.25) is 6.10 Å². The normalized spacial score (nSPS) is 15.6. The Balaban J connectivity index is 1.37. The van der Waals surface area contributed by atoms with Crippen molar-refractivity contribution in [2.24, 2.45) is 5.10 Å². The first-order chi connectivity index (χ1) is 13.6. The Morgan fingerprint density at radius 2 is 1.89 bits per heavy atom.